The highest BCUT2D eigenvalue weighted by Crippen LogP contribution is 2.20. The molecule has 0 aliphatic rings. The number of alkyl halides is 3. The zero-order valence-corrected chi connectivity index (χ0v) is 13.2. The average Bonchev–Trinajstić information content (AvgIpc) is 3.04. The average molecular weight is 356 g/mol. The minimum atomic E-state index is -4.34. The molecule has 0 atom stereocenters. The van der Waals surface area contributed by atoms with Crippen molar-refractivity contribution in [1.82, 2.24) is 14.7 Å². The van der Waals surface area contributed by atoms with Gasteiger partial charge in [-0.25, -0.2) is 4.68 Å². The summed E-state index contributed by atoms with van der Waals surface area (Å²) in [4.78, 5) is 23.5. The standard InChI is InChI=1S/C15H15F3N4O3/c1-2-20(8-7-15(16,17)18)14(23)11-9-19-21(10-11)12-3-5-13(6-4-12)22(24)25/h3-6,9-10H,2,7-8H2,1H3. The predicted molar refractivity (Wildman–Crippen MR) is 82.5 cm³/mol. The van der Waals surface area contributed by atoms with E-state index in [2.05, 4.69) is 5.10 Å². The first-order chi connectivity index (χ1) is 11.7. The fourth-order valence-electron chi connectivity index (χ4n) is 2.15. The molecule has 1 aromatic heterocycles. The van der Waals surface area contributed by atoms with Crippen LogP contribution >= 0.6 is 0 Å². The third-order valence-electron chi connectivity index (χ3n) is 3.49. The monoisotopic (exact) mass is 356 g/mol. The molecule has 0 aliphatic heterocycles. The second-order valence-corrected chi connectivity index (χ2v) is 5.20. The van der Waals surface area contributed by atoms with Crippen molar-refractivity contribution in [3.8, 4) is 5.69 Å². The molecule has 0 bridgehead atoms. The van der Waals surface area contributed by atoms with Gasteiger partial charge in [0, 0.05) is 31.4 Å². The van der Waals surface area contributed by atoms with E-state index in [-0.39, 0.29) is 17.8 Å². The van der Waals surface area contributed by atoms with Crippen LogP contribution in [0.4, 0.5) is 18.9 Å². The van der Waals surface area contributed by atoms with Crippen molar-refractivity contribution in [2.24, 2.45) is 0 Å². The summed E-state index contributed by atoms with van der Waals surface area (Å²) in [6, 6.07) is 5.50. The lowest BCUT2D eigenvalue weighted by Gasteiger charge is -2.20. The van der Waals surface area contributed by atoms with Gasteiger partial charge in [0.05, 0.1) is 28.8 Å². The number of hydrogen-bond donors (Lipinski definition) is 0. The largest absolute Gasteiger partial charge is 0.390 e. The molecule has 2 rings (SSSR count). The van der Waals surface area contributed by atoms with E-state index in [9.17, 15) is 28.1 Å². The van der Waals surface area contributed by atoms with Crippen molar-refractivity contribution in [3.05, 3.63) is 52.3 Å². The van der Waals surface area contributed by atoms with Crippen LogP contribution in [0.15, 0.2) is 36.7 Å². The minimum Gasteiger partial charge on any atom is -0.338 e. The molecule has 0 spiro atoms. The highest BCUT2D eigenvalue weighted by Gasteiger charge is 2.29. The number of nitro benzene ring substituents is 1. The van der Waals surface area contributed by atoms with Gasteiger partial charge < -0.3 is 4.90 Å². The van der Waals surface area contributed by atoms with Crippen LogP contribution < -0.4 is 0 Å². The Kier molecular flexibility index (Phi) is 5.40. The zero-order valence-electron chi connectivity index (χ0n) is 13.2. The lowest BCUT2D eigenvalue weighted by Crippen LogP contribution is -2.33. The fraction of sp³-hybridized carbons (Fsp3) is 0.333. The van der Waals surface area contributed by atoms with E-state index >= 15 is 0 Å². The molecule has 0 saturated carbocycles. The number of nitro groups is 1. The van der Waals surface area contributed by atoms with Gasteiger partial charge in [-0.1, -0.05) is 0 Å². The summed E-state index contributed by atoms with van der Waals surface area (Å²) >= 11 is 0. The molecule has 25 heavy (non-hydrogen) atoms. The second kappa shape index (κ2) is 7.32. The van der Waals surface area contributed by atoms with Gasteiger partial charge in [0.25, 0.3) is 11.6 Å². The Bertz CT molecular complexity index is 756. The molecule has 0 unspecified atom stereocenters. The molecule has 7 nitrogen and oxygen atoms in total. The van der Waals surface area contributed by atoms with Gasteiger partial charge >= 0.3 is 6.18 Å². The first kappa shape index (κ1) is 18.4. The Hall–Kier alpha value is -2.91. The lowest BCUT2D eigenvalue weighted by atomic mass is 10.2. The second-order valence-electron chi connectivity index (χ2n) is 5.20. The van der Waals surface area contributed by atoms with Crippen molar-refractivity contribution >= 4 is 11.6 Å². The molecule has 1 aromatic carbocycles. The predicted octanol–water partition coefficient (Wildman–Crippen LogP) is 3.20. The number of nitrogens with zero attached hydrogens (tertiary/aromatic N) is 4. The van der Waals surface area contributed by atoms with Crippen LogP contribution in [0.2, 0.25) is 0 Å². The maximum absolute atomic E-state index is 12.3. The van der Waals surface area contributed by atoms with Crippen molar-refractivity contribution in [3.63, 3.8) is 0 Å². The van der Waals surface area contributed by atoms with Gasteiger partial charge in [-0.3, -0.25) is 14.9 Å². The van der Waals surface area contributed by atoms with E-state index in [0.29, 0.717) is 5.69 Å². The Morgan fingerprint density at radius 3 is 2.48 bits per heavy atom. The number of rotatable bonds is 6. The number of non-ortho nitro benzene ring substituents is 1. The smallest absolute Gasteiger partial charge is 0.338 e. The Labute approximate surface area is 140 Å². The summed E-state index contributed by atoms with van der Waals surface area (Å²) in [5, 5.41) is 14.6. The fourth-order valence-corrected chi connectivity index (χ4v) is 2.15. The third kappa shape index (κ3) is 4.78. The highest BCUT2D eigenvalue weighted by atomic mass is 19.4. The van der Waals surface area contributed by atoms with Crippen LogP contribution in [0.1, 0.15) is 23.7 Å². The van der Waals surface area contributed by atoms with Crippen molar-refractivity contribution < 1.29 is 22.9 Å². The normalized spacial score (nSPS) is 11.4. The van der Waals surface area contributed by atoms with Gasteiger partial charge in [0.2, 0.25) is 0 Å². The molecule has 1 heterocycles. The number of carbonyl (C=O) groups excluding carboxylic acids is 1. The first-order valence-corrected chi connectivity index (χ1v) is 7.37. The summed E-state index contributed by atoms with van der Waals surface area (Å²) < 4.78 is 38.3. The van der Waals surface area contributed by atoms with E-state index in [1.807, 2.05) is 0 Å². The summed E-state index contributed by atoms with van der Waals surface area (Å²) in [6.45, 7) is 1.30. The number of hydrogen-bond acceptors (Lipinski definition) is 4. The molecule has 2 aromatic rings. The Balaban J connectivity index is 2.13. The van der Waals surface area contributed by atoms with E-state index < -0.39 is 30.0 Å². The van der Waals surface area contributed by atoms with Gasteiger partial charge in [-0.15, -0.1) is 0 Å². The number of halogens is 3. The first-order valence-electron chi connectivity index (χ1n) is 7.37. The highest BCUT2D eigenvalue weighted by molar-refractivity contribution is 5.93. The molecule has 134 valence electrons. The molecule has 1 amide bonds. The van der Waals surface area contributed by atoms with Crippen molar-refractivity contribution in [2.75, 3.05) is 13.1 Å². The Morgan fingerprint density at radius 2 is 1.96 bits per heavy atom. The van der Waals surface area contributed by atoms with Gasteiger partial charge in [0.15, 0.2) is 0 Å². The van der Waals surface area contributed by atoms with Crippen LogP contribution in [0.5, 0.6) is 0 Å². The molecule has 0 N–H and O–H groups in total. The quantitative estimate of drug-likeness (QED) is 0.588. The lowest BCUT2D eigenvalue weighted by molar-refractivity contribution is -0.384. The van der Waals surface area contributed by atoms with E-state index in [1.54, 1.807) is 6.92 Å². The van der Waals surface area contributed by atoms with E-state index in [4.69, 9.17) is 0 Å². The molecular formula is C15H15F3N4O3. The maximum Gasteiger partial charge on any atom is 0.390 e. The topological polar surface area (TPSA) is 81.3 Å². The summed E-state index contributed by atoms with van der Waals surface area (Å²) in [6.07, 6.45) is -2.79. The van der Waals surface area contributed by atoms with Gasteiger partial charge in [0.1, 0.15) is 0 Å². The zero-order chi connectivity index (χ0) is 18.6. The van der Waals surface area contributed by atoms with E-state index in [1.165, 1.54) is 41.3 Å². The number of aromatic nitrogens is 2. The van der Waals surface area contributed by atoms with Crippen LogP contribution in [-0.2, 0) is 0 Å². The number of carbonyl (C=O) groups is 1. The Morgan fingerprint density at radius 1 is 1.32 bits per heavy atom. The van der Waals surface area contributed by atoms with Crippen molar-refractivity contribution in [1.29, 1.82) is 0 Å². The van der Waals surface area contributed by atoms with Gasteiger partial charge in [-0.2, -0.15) is 18.3 Å². The molecule has 10 heteroatoms. The molecule has 0 saturated heterocycles. The maximum atomic E-state index is 12.3. The summed E-state index contributed by atoms with van der Waals surface area (Å²) in [5.41, 5.74) is 0.543. The molecule has 0 radical (unpaired) electrons. The minimum absolute atomic E-state index is 0.0866. The summed E-state index contributed by atoms with van der Waals surface area (Å²) in [7, 11) is 0. The molecule has 0 fully saturated rings. The van der Waals surface area contributed by atoms with Crippen LogP contribution in [0.25, 0.3) is 5.69 Å². The van der Waals surface area contributed by atoms with Crippen LogP contribution in [0, 0.1) is 10.1 Å². The third-order valence-corrected chi connectivity index (χ3v) is 3.49. The summed E-state index contributed by atoms with van der Waals surface area (Å²) in [5.74, 6) is -0.556. The number of amides is 1. The number of benzene rings is 1. The molecule has 0 aliphatic carbocycles. The SMILES string of the molecule is CCN(CCC(F)(F)F)C(=O)c1cnn(-c2ccc([N+](=O)[O-])cc2)c1. The van der Waals surface area contributed by atoms with Crippen LogP contribution in [-0.4, -0.2) is 44.8 Å². The van der Waals surface area contributed by atoms with Crippen molar-refractivity contribution in [2.45, 2.75) is 19.5 Å². The van der Waals surface area contributed by atoms with Crippen LogP contribution in [0.3, 0.4) is 0 Å². The van der Waals surface area contributed by atoms with Gasteiger partial charge in [-0.05, 0) is 19.1 Å². The molecular weight excluding hydrogens is 341 g/mol. The van der Waals surface area contributed by atoms with E-state index in [0.717, 1.165) is 4.90 Å².